The highest BCUT2D eigenvalue weighted by Gasteiger charge is 2.16. The maximum Gasteiger partial charge on any atom is 0.195 e. The molecule has 4 heteroatoms. The van der Waals surface area contributed by atoms with Crippen LogP contribution < -0.4 is 0 Å². The van der Waals surface area contributed by atoms with E-state index in [1.807, 2.05) is 25.1 Å². The van der Waals surface area contributed by atoms with Crippen LogP contribution in [0.2, 0.25) is 10.0 Å². The largest absolute Gasteiger partial charge is 0.360 e. The Kier molecular flexibility index (Phi) is 3.28. The van der Waals surface area contributed by atoms with Gasteiger partial charge in [0.05, 0.1) is 5.02 Å². The highest BCUT2D eigenvalue weighted by molar-refractivity contribution is 6.37. The maximum atomic E-state index is 12.6. The van der Waals surface area contributed by atoms with Crippen molar-refractivity contribution in [1.82, 2.24) is 4.98 Å². The van der Waals surface area contributed by atoms with E-state index in [0.717, 1.165) is 16.5 Å². The van der Waals surface area contributed by atoms with Gasteiger partial charge in [0.2, 0.25) is 0 Å². The number of ketones is 1. The molecule has 0 aliphatic heterocycles. The number of aryl methyl sites for hydroxylation is 1. The van der Waals surface area contributed by atoms with Crippen molar-refractivity contribution in [2.45, 2.75) is 6.92 Å². The van der Waals surface area contributed by atoms with Crippen molar-refractivity contribution in [2.24, 2.45) is 0 Å². The molecule has 2 nitrogen and oxygen atoms in total. The molecule has 0 saturated heterocycles. The van der Waals surface area contributed by atoms with Crippen LogP contribution >= 0.6 is 23.2 Å². The molecule has 0 aliphatic rings. The van der Waals surface area contributed by atoms with E-state index in [1.54, 1.807) is 24.4 Å². The maximum absolute atomic E-state index is 12.6. The standard InChI is InChI=1S/C16H11Cl2NO/c1-9-5-6-10(7-13(9)18)16(20)11-8-19-14-4-2-3-12(17)15(11)14/h2-8,19H,1H3. The lowest BCUT2D eigenvalue weighted by atomic mass is 10.0. The number of hydrogen-bond acceptors (Lipinski definition) is 1. The fraction of sp³-hybridized carbons (Fsp3) is 0.0625. The number of aromatic nitrogens is 1. The van der Waals surface area contributed by atoms with Crippen LogP contribution in [0.1, 0.15) is 21.5 Å². The van der Waals surface area contributed by atoms with E-state index in [0.29, 0.717) is 21.2 Å². The zero-order valence-corrected chi connectivity index (χ0v) is 12.2. The van der Waals surface area contributed by atoms with Crippen LogP contribution in [-0.2, 0) is 0 Å². The number of fused-ring (bicyclic) bond motifs is 1. The van der Waals surface area contributed by atoms with E-state index in [-0.39, 0.29) is 5.78 Å². The Bertz CT molecular complexity index is 820. The third-order valence-electron chi connectivity index (χ3n) is 3.33. The number of aromatic amines is 1. The van der Waals surface area contributed by atoms with Gasteiger partial charge < -0.3 is 4.98 Å². The van der Waals surface area contributed by atoms with Crippen LogP contribution in [0.5, 0.6) is 0 Å². The molecule has 0 atom stereocenters. The van der Waals surface area contributed by atoms with Crippen LogP contribution in [0.25, 0.3) is 10.9 Å². The van der Waals surface area contributed by atoms with Gasteiger partial charge in [-0.05, 0) is 30.7 Å². The molecule has 0 unspecified atom stereocenters. The number of halogens is 2. The minimum absolute atomic E-state index is 0.0914. The van der Waals surface area contributed by atoms with E-state index >= 15 is 0 Å². The van der Waals surface area contributed by atoms with Gasteiger partial charge in [-0.25, -0.2) is 0 Å². The fourth-order valence-electron chi connectivity index (χ4n) is 2.21. The van der Waals surface area contributed by atoms with Gasteiger partial charge in [-0.15, -0.1) is 0 Å². The molecule has 3 aromatic rings. The summed E-state index contributed by atoms with van der Waals surface area (Å²) in [7, 11) is 0. The van der Waals surface area contributed by atoms with Gasteiger partial charge in [-0.3, -0.25) is 4.79 Å². The number of carbonyl (C=O) groups is 1. The van der Waals surface area contributed by atoms with Crippen molar-refractivity contribution in [3.05, 3.63) is 69.3 Å². The minimum atomic E-state index is -0.0914. The van der Waals surface area contributed by atoms with Gasteiger partial charge in [-0.2, -0.15) is 0 Å². The molecule has 0 saturated carbocycles. The van der Waals surface area contributed by atoms with E-state index in [4.69, 9.17) is 23.2 Å². The van der Waals surface area contributed by atoms with Gasteiger partial charge in [0.1, 0.15) is 0 Å². The predicted octanol–water partition coefficient (Wildman–Crippen LogP) is 5.01. The second-order valence-electron chi connectivity index (χ2n) is 4.66. The van der Waals surface area contributed by atoms with Crippen LogP contribution in [0.3, 0.4) is 0 Å². The zero-order chi connectivity index (χ0) is 14.3. The van der Waals surface area contributed by atoms with Crippen LogP contribution in [0.4, 0.5) is 0 Å². The average Bonchev–Trinajstić information content (AvgIpc) is 2.86. The smallest absolute Gasteiger partial charge is 0.195 e. The molecule has 0 radical (unpaired) electrons. The molecule has 20 heavy (non-hydrogen) atoms. The number of H-pyrrole nitrogens is 1. The van der Waals surface area contributed by atoms with Gasteiger partial charge in [0, 0.05) is 33.2 Å². The number of hydrogen-bond donors (Lipinski definition) is 1. The highest BCUT2D eigenvalue weighted by atomic mass is 35.5. The summed E-state index contributed by atoms with van der Waals surface area (Å²) in [6, 6.07) is 10.8. The second kappa shape index (κ2) is 4.97. The van der Waals surface area contributed by atoms with Gasteiger partial charge >= 0.3 is 0 Å². The highest BCUT2D eigenvalue weighted by Crippen LogP contribution is 2.29. The Morgan fingerprint density at radius 2 is 1.90 bits per heavy atom. The van der Waals surface area contributed by atoms with Crippen LogP contribution in [-0.4, -0.2) is 10.8 Å². The monoisotopic (exact) mass is 303 g/mol. The Morgan fingerprint density at radius 1 is 1.10 bits per heavy atom. The summed E-state index contributed by atoms with van der Waals surface area (Å²) in [5, 5.41) is 1.89. The van der Waals surface area contributed by atoms with E-state index in [2.05, 4.69) is 4.98 Å². The first-order valence-electron chi connectivity index (χ1n) is 6.14. The molecule has 2 aromatic carbocycles. The molecule has 1 aromatic heterocycles. The summed E-state index contributed by atoms with van der Waals surface area (Å²) >= 11 is 12.3. The van der Waals surface area contributed by atoms with Crippen molar-refractivity contribution in [1.29, 1.82) is 0 Å². The third kappa shape index (κ3) is 2.11. The topological polar surface area (TPSA) is 32.9 Å². The summed E-state index contributed by atoms with van der Waals surface area (Å²) in [4.78, 5) is 15.7. The summed E-state index contributed by atoms with van der Waals surface area (Å²) in [6.07, 6.45) is 1.69. The van der Waals surface area contributed by atoms with Crippen LogP contribution in [0.15, 0.2) is 42.6 Å². The molecular weight excluding hydrogens is 293 g/mol. The molecule has 0 amide bonds. The lowest BCUT2D eigenvalue weighted by Crippen LogP contribution is -2.00. The SMILES string of the molecule is Cc1ccc(C(=O)c2c[nH]c3cccc(Cl)c23)cc1Cl. The molecule has 100 valence electrons. The van der Waals surface area contributed by atoms with E-state index in [1.165, 1.54) is 0 Å². The molecule has 3 rings (SSSR count). The number of benzene rings is 2. The first kappa shape index (κ1) is 13.2. The van der Waals surface area contributed by atoms with Crippen molar-refractivity contribution < 1.29 is 4.79 Å². The summed E-state index contributed by atoms with van der Waals surface area (Å²) in [5.41, 5.74) is 2.91. The first-order chi connectivity index (χ1) is 9.58. The summed E-state index contributed by atoms with van der Waals surface area (Å²) in [5.74, 6) is -0.0914. The van der Waals surface area contributed by atoms with E-state index in [9.17, 15) is 4.79 Å². The average molecular weight is 304 g/mol. The van der Waals surface area contributed by atoms with Crippen molar-refractivity contribution in [2.75, 3.05) is 0 Å². The Morgan fingerprint density at radius 3 is 2.65 bits per heavy atom. The Hall–Kier alpha value is -1.77. The second-order valence-corrected chi connectivity index (χ2v) is 5.47. The summed E-state index contributed by atoms with van der Waals surface area (Å²) in [6.45, 7) is 1.90. The summed E-state index contributed by atoms with van der Waals surface area (Å²) < 4.78 is 0. The normalized spacial score (nSPS) is 10.9. The minimum Gasteiger partial charge on any atom is -0.360 e. The van der Waals surface area contributed by atoms with E-state index < -0.39 is 0 Å². The van der Waals surface area contributed by atoms with Crippen LogP contribution in [0, 0.1) is 6.92 Å². The molecular formula is C16H11Cl2NO. The number of carbonyl (C=O) groups excluding carboxylic acids is 1. The van der Waals surface area contributed by atoms with Crippen molar-refractivity contribution >= 4 is 39.9 Å². The van der Waals surface area contributed by atoms with Gasteiger partial charge in [0.25, 0.3) is 0 Å². The molecule has 0 bridgehead atoms. The van der Waals surface area contributed by atoms with Crippen molar-refractivity contribution in [3.63, 3.8) is 0 Å². The third-order valence-corrected chi connectivity index (χ3v) is 4.06. The number of nitrogens with one attached hydrogen (secondary N) is 1. The zero-order valence-electron chi connectivity index (χ0n) is 10.7. The fourth-order valence-corrected chi connectivity index (χ4v) is 2.67. The molecule has 1 heterocycles. The molecule has 0 fully saturated rings. The molecule has 0 spiro atoms. The molecule has 0 aliphatic carbocycles. The first-order valence-corrected chi connectivity index (χ1v) is 6.90. The molecule has 1 N–H and O–H groups in total. The number of rotatable bonds is 2. The quantitative estimate of drug-likeness (QED) is 0.663. The lowest BCUT2D eigenvalue weighted by Gasteiger charge is -2.03. The predicted molar refractivity (Wildman–Crippen MR) is 82.9 cm³/mol. The van der Waals surface area contributed by atoms with Gasteiger partial charge in [0.15, 0.2) is 5.78 Å². The van der Waals surface area contributed by atoms with Gasteiger partial charge in [-0.1, -0.05) is 41.4 Å². The lowest BCUT2D eigenvalue weighted by molar-refractivity contribution is 0.104. The Balaban J connectivity index is 2.15. The Labute approximate surface area is 126 Å². The van der Waals surface area contributed by atoms with Crippen molar-refractivity contribution in [3.8, 4) is 0 Å².